The number of hydrogen-bond donors (Lipinski definition) is 1. The summed E-state index contributed by atoms with van der Waals surface area (Å²) in [6.07, 6.45) is 2.94. The van der Waals surface area contributed by atoms with E-state index in [2.05, 4.69) is 37.3 Å². The molecule has 5 rings (SSSR count). The Labute approximate surface area is 177 Å². The van der Waals surface area contributed by atoms with E-state index in [1.165, 1.54) is 44.5 Å². The minimum atomic E-state index is 0.152. The van der Waals surface area contributed by atoms with Crippen LogP contribution in [0, 0.1) is 0 Å². The zero-order chi connectivity index (χ0) is 20.8. The molecule has 0 fully saturated rings. The molecule has 0 saturated carbocycles. The van der Waals surface area contributed by atoms with Crippen LogP contribution in [0.25, 0.3) is 11.1 Å². The molecule has 2 aliphatic carbocycles. The molecule has 0 radical (unpaired) electrons. The summed E-state index contributed by atoms with van der Waals surface area (Å²) in [6.45, 7) is 2.17. The first-order valence-corrected chi connectivity index (χ1v) is 10.5. The summed E-state index contributed by atoms with van der Waals surface area (Å²) in [7, 11) is 3.48. The van der Waals surface area contributed by atoms with Crippen LogP contribution >= 0.6 is 0 Å². The number of benzene rings is 3. The van der Waals surface area contributed by atoms with Crippen LogP contribution in [0.15, 0.2) is 54.6 Å². The smallest absolute Gasteiger partial charge is 0.122 e. The van der Waals surface area contributed by atoms with Crippen LogP contribution in [-0.4, -0.2) is 19.3 Å². The Morgan fingerprint density at radius 3 is 2.40 bits per heavy atom. The molecule has 0 bridgehead atoms. The Morgan fingerprint density at radius 2 is 1.70 bits per heavy atom. The molecule has 1 unspecified atom stereocenters. The minimum absolute atomic E-state index is 0.152. The predicted molar refractivity (Wildman–Crippen MR) is 120 cm³/mol. The first kappa shape index (κ1) is 18.8. The van der Waals surface area contributed by atoms with Crippen molar-refractivity contribution in [1.29, 1.82) is 0 Å². The molecule has 0 amide bonds. The number of hydrogen-bond acceptors (Lipinski definition) is 3. The number of aromatic hydroxyl groups is 1. The molecule has 0 saturated heterocycles. The highest BCUT2D eigenvalue weighted by atomic mass is 16.5. The summed E-state index contributed by atoms with van der Waals surface area (Å²) >= 11 is 0. The number of allylic oxidation sites excluding steroid dienone is 2. The molecular formula is C27H26O3. The van der Waals surface area contributed by atoms with Crippen molar-refractivity contribution in [3.8, 4) is 17.2 Å². The van der Waals surface area contributed by atoms with E-state index in [0.717, 1.165) is 30.8 Å². The molecule has 0 aromatic heterocycles. The van der Waals surface area contributed by atoms with E-state index in [1.54, 1.807) is 26.4 Å². The fraction of sp³-hybridized carbons (Fsp3) is 0.259. The fourth-order valence-corrected chi connectivity index (χ4v) is 5.11. The van der Waals surface area contributed by atoms with Crippen molar-refractivity contribution >= 4 is 11.1 Å². The molecule has 152 valence electrons. The molecular weight excluding hydrogens is 372 g/mol. The second-order valence-corrected chi connectivity index (χ2v) is 8.04. The van der Waals surface area contributed by atoms with E-state index in [0.29, 0.717) is 5.75 Å². The fourth-order valence-electron chi connectivity index (χ4n) is 5.11. The van der Waals surface area contributed by atoms with Gasteiger partial charge in [-0.2, -0.15) is 0 Å². The number of rotatable bonds is 4. The van der Waals surface area contributed by atoms with Crippen molar-refractivity contribution < 1.29 is 14.6 Å². The maximum Gasteiger partial charge on any atom is 0.122 e. The van der Waals surface area contributed by atoms with Gasteiger partial charge in [0.1, 0.15) is 17.2 Å². The number of phenolic OH excluding ortho intramolecular Hbond substituents is 1. The Morgan fingerprint density at radius 1 is 0.900 bits per heavy atom. The lowest BCUT2D eigenvalue weighted by atomic mass is 9.79. The van der Waals surface area contributed by atoms with E-state index in [-0.39, 0.29) is 5.92 Å². The SMILES string of the molecule is CCc1cc2c(cc1OC)C1=C(c3ccc(OC)cc3CC1)C2c1ccc(O)cc1. The van der Waals surface area contributed by atoms with Gasteiger partial charge in [-0.25, -0.2) is 0 Å². The lowest BCUT2D eigenvalue weighted by molar-refractivity contribution is 0.410. The van der Waals surface area contributed by atoms with Crippen LogP contribution in [-0.2, 0) is 12.8 Å². The van der Waals surface area contributed by atoms with Crippen LogP contribution < -0.4 is 9.47 Å². The van der Waals surface area contributed by atoms with Gasteiger partial charge in [0.15, 0.2) is 0 Å². The third-order valence-corrected chi connectivity index (χ3v) is 6.56. The molecule has 3 heteroatoms. The van der Waals surface area contributed by atoms with E-state index >= 15 is 0 Å². The van der Waals surface area contributed by atoms with Gasteiger partial charge in [0.2, 0.25) is 0 Å². The number of ether oxygens (including phenoxy) is 2. The summed E-state index contributed by atoms with van der Waals surface area (Å²) in [6, 6.07) is 18.7. The van der Waals surface area contributed by atoms with Crippen LogP contribution in [0.5, 0.6) is 17.2 Å². The van der Waals surface area contributed by atoms with Gasteiger partial charge in [-0.3, -0.25) is 0 Å². The molecule has 1 atom stereocenters. The molecule has 1 N–H and O–H groups in total. The third-order valence-electron chi connectivity index (χ3n) is 6.56. The van der Waals surface area contributed by atoms with Crippen molar-refractivity contribution in [2.75, 3.05) is 14.2 Å². The summed E-state index contributed by atoms with van der Waals surface area (Å²) < 4.78 is 11.2. The summed E-state index contributed by atoms with van der Waals surface area (Å²) in [4.78, 5) is 0. The number of phenols is 1. The van der Waals surface area contributed by atoms with Gasteiger partial charge in [0.25, 0.3) is 0 Å². The topological polar surface area (TPSA) is 38.7 Å². The molecule has 0 spiro atoms. The molecule has 0 heterocycles. The second kappa shape index (κ2) is 7.24. The number of fused-ring (bicyclic) bond motifs is 4. The quantitative estimate of drug-likeness (QED) is 0.588. The first-order chi connectivity index (χ1) is 14.6. The normalized spacial score (nSPS) is 16.7. The molecule has 3 aromatic rings. The number of methoxy groups -OCH3 is 2. The van der Waals surface area contributed by atoms with Gasteiger partial charge in [0, 0.05) is 5.92 Å². The summed E-state index contributed by atoms with van der Waals surface area (Å²) in [5.41, 5.74) is 10.5. The molecule has 3 aromatic carbocycles. The highest BCUT2D eigenvalue weighted by Gasteiger charge is 2.37. The van der Waals surface area contributed by atoms with Gasteiger partial charge < -0.3 is 14.6 Å². The van der Waals surface area contributed by atoms with Crippen molar-refractivity contribution in [3.63, 3.8) is 0 Å². The van der Waals surface area contributed by atoms with Gasteiger partial charge in [-0.05, 0) is 94.1 Å². The molecule has 2 aliphatic rings. The van der Waals surface area contributed by atoms with E-state index in [1.807, 2.05) is 12.1 Å². The van der Waals surface area contributed by atoms with Crippen LogP contribution in [0.4, 0.5) is 0 Å². The standard InChI is InChI=1S/C27H26O3/c1-4-16-14-24-23(15-25(16)30-3)22-11-7-18-13-20(29-2)10-12-21(18)27(22)26(24)17-5-8-19(28)9-6-17/h5-6,8-10,12-15,26,28H,4,7,11H2,1-3H3. The zero-order valence-corrected chi connectivity index (χ0v) is 17.7. The second-order valence-electron chi connectivity index (χ2n) is 8.04. The third kappa shape index (κ3) is 2.80. The summed E-state index contributed by atoms with van der Waals surface area (Å²) in [5.74, 6) is 2.32. The van der Waals surface area contributed by atoms with Crippen LogP contribution in [0.2, 0.25) is 0 Å². The Bertz CT molecular complexity index is 1160. The van der Waals surface area contributed by atoms with Gasteiger partial charge in [-0.1, -0.05) is 31.2 Å². The maximum atomic E-state index is 9.85. The highest BCUT2D eigenvalue weighted by Crippen LogP contribution is 2.55. The van der Waals surface area contributed by atoms with E-state index in [9.17, 15) is 5.11 Å². The molecule has 30 heavy (non-hydrogen) atoms. The number of aryl methyl sites for hydroxylation is 2. The van der Waals surface area contributed by atoms with Crippen molar-refractivity contribution in [3.05, 3.63) is 88.0 Å². The molecule has 0 aliphatic heterocycles. The van der Waals surface area contributed by atoms with E-state index < -0.39 is 0 Å². The lowest BCUT2D eigenvalue weighted by Crippen LogP contribution is -2.07. The Balaban J connectivity index is 1.77. The van der Waals surface area contributed by atoms with Crippen molar-refractivity contribution in [2.45, 2.75) is 32.1 Å². The highest BCUT2D eigenvalue weighted by molar-refractivity contribution is 6.03. The van der Waals surface area contributed by atoms with Crippen molar-refractivity contribution in [2.24, 2.45) is 0 Å². The van der Waals surface area contributed by atoms with Gasteiger partial charge in [0.05, 0.1) is 14.2 Å². The average molecular weight is 399 g/mol. The Kier molecular flexibility index (Phi) is 4.54. The van der Waals surface area contributed by atoms with E-state index in [4.69, 9.17) is 9.47 Å². The maximum absolute atomic E-state index is 9.85. The Hall–Kier alpha value is -3.20. The minimum Gasteiger partial charge on any atom is -0.508 e. The summed E-state index contributed by atoms with van der Waals surface area (Å²) in [5, 5.41) is 9.85. The monoisotopic (exact) mass is 398 g/mol. The average Bonchev–Trinajstić information content (AvgIpc) is 3.11. The lowest BCUT2D eigenvalue weighted by Gasteiger charge is -2.24. The largest absolute Gasteiger partial charge is 0.508 e. The van der Waals surface area contributed by atoms with Crippen molar-refractivity contribution in [1.82, 2.24) is 0 Å². The van der Waals surface area contributed by atoms with Gasteiger partial charge in [-0.15, -0.1) is 0 Å². The predicted octanol–water partition coefficient (Wildman–Crippen LogP) is 5.97. The first-order valence-electron chi connectivity index (χ1n) is 10.5. The van der Waals surface area contributed by atoms with Crippen LogP contribution in [0.3, 0.4) is 0 Å². The van der Waals surface area contributed by atoms with Gasteiger partial charge >= 0.3 is 0 Å². The van der Waals surface area contributed by atoms with Crippen LogP contribution in [0.1, 0.15) is 52.6 Å². The molecule has 3 nitrogen and oxygen atoms in total. The zero-order valence-electron chi connectivity index (χ0n) is 17.7.